The minimum absolute atomic E-state index is 0.245. The summed E-state index contributed by atoms with van der Waals surface area (Å²) < 4.78 is 29.4. The largest absolute Gasteiger partial charge is 0.493 e. The molecule has 3 aromatic rings. The number of methoxy groups -OCH3 is 3. The van der Waals surface area contributed by atoms with Crippen LogP contribution in [0.2, 0.25) is 0 Å². The Kier molecular flexibility index (Phi) is 9.19. The van der Waals surface area contributed by atoms with Crippen LogP contribution in [0.25, 0.3) is 6.08 Å². The fourth-order valence-electron chi connectivity index (χ4n) is 5.47. The molecule has 0 heterocycles. The Morgan fingerprint density at radius 1 is 0.800 bits per heavy atom. The normalized spacial score (nSPS) is 22.4. The van der Waals surface area contributed by atoms with Crippen LogP contribution in [-0.2, 0) is 35.0 Å². The molecule has 0 bridgehead atoms. The number of benzene rings is 3. The van der Waals surface area contributed by atoms with E-state index in [0.717, 1.165) is 23.6 Å². The van der Waals surface area contributed by atoms with Crippen LogP contribution < -0.4 is 9.47 Å². The molecule has 0 N–H and O–H groups in total. The van der Waals surface area contributed by atoms with Crippen molar-refractivity contribution in [2.24, 2.45) is 0 Å². The molecule has 7 heteroatoms. The number of carbonyl (C=O) groups is 2. The molecule has 1 aliphatic rings. The zero-order valence-electron chi connectivity index (χ0n) is 23.0. The van der Waals surface area contributed by atoms with E-state index in [1.54, 1.807) is 38.5 Å². The van der Waals surface area contributed by atoms with Crippen molar-refractivity contribution in [2.45, 2.75) is 36.6 Å². The standard InChI is InChI=1S/C33H34O7/c1-5-29(34)39-27-19-17-24(23-28(27)36-2)18-20-30(35)40-31-32(37-3,25-13-8-6-9-14-25)21-12-22-33(31,38-4)26-15-10-7-11-16-26/h5-11,13-20,23,31H,1,12,21-22H2,2-4H3/b20-18+. The average Bonchev–Trinajstić information content (AvgIpc) is 3.01. The van der Waals surface area contributed by atoms with Crippen LogP contribution in [0, 0.1) is 0 Å². The van der Waals surface area contributed by atoms with Crippen LogP contribution in [0.15, 0.2) is 97.6 Å². The van der Waals surface area contributed by atoms with Crippen LogP contribution in [0.3, 0.4) is 0 Å². The molecule has 0 saturated heterocycles. The minimum Gasteiger partial charge on any atom is -0.493 e. The van der Waals surface area contributed by atoms with Gasteiger partial charge in [-0.1, -0.05) is 73.3 Å². The molecule has 2 unspecified atom stereocenters. The molecule has 0 radical (unpaired) electrons. The first-order valence-electron chi connectivity index (χ1n) is 13.0. The van der Waals surface area contributed by atoms with Gasteiger partial charge in [0.05, 0.1) is 7.11 Å². The zero-order chi connectivity index (χ0) is 28.6. The van der Waals surface area contributed by atoms with Crippen molar-refractivity contribution in [3.63, 3.8) is 0 Å². The summed E-state index contributed by atoms with van der Waals surface area (Å²) in [6.45, 7) is 3.40. The first-order valence-corrected chi connectivity index (χ1v) is 13.0. The Bertz CT molecular complexity index is 1300. The molecule has 3 aromatic carbocycles. The average molecular weight is 543 g/mol. The van der Waals surface area contributed by atoms with E-state index in [1.807, 2.05) is 60.7 Å². The first-order chi connectivity index (χ1) is 19.4. The zero-order valence-corrected chi connectivity index (χ0v) is 23.0. The van der Waals surface area contributed by atoms with E-state index in [1.165, 1.54) is 13.2 Å². The highest BCUT2D eigenvalue weighted by atomic mass is 16.6. The molecular formula is C33H34O7. The summed E-state index contributed by atoms with van der Waals surface area (Å²) in [5, 5.41) is 0. The third-order valence-corrected chi connectivity index (χ3v) is 7.41. The van der Waals surface area contributed by atoms with Crippen molar-refractivity contribution >= 4 is 18.0 Å². The topological polar surface area (TPSA) is 80.3 Å². The van der Waals surface area contributed by atoms with Gasteiger partial charge in [0.1, 0.15) is 11.2 Å². The lowest BCUT2D eigenvalue weighted by Gasteiger charge is -2.52. The van der Waals surface area contributed by atoms with Crippen LogP contribution in [0.5, 0.6) is 11.5 Å². The highest BCUT2D eigenvalue weighted by Crippen LogP contribution is 2.52. The molecule has 0 aromatic heterocycles. The van der Waals surface area contributed by atoms with Gasteiger partial charge in [0.15, 0.2) is 17.6 Å². The van der Waals surface area contributed by atoms with Crippen LogP contribution in [-0.4, -0.2) is 39.4 Å². The Morgan fingerprint density at radius 3 is 1.88 bits per heavy atom. The molecule has 1 fully saturated rings. The lowest BCUT2D eigenvalue weighted by molar-refractivity contribution is -0.242. The van der Waals surface area contributed by atoms with Crippen molar-refractivity contribution in [3.05, 3.63) is 114 Å². The fraction of sp³-hybridized carbons (Fsp3) is 0.273. The maximum Gasteiger partial charge on any atom is 0.335 e. The molecular weight excluding hydrogens is 508 g/mol. The summed E-state index contributed by atoms with van der Waals surface area (Å²) in [4.78, 5) is 25.0. The first kappa shape index (κ1) is 28.8. The smallest absolute Gasteiger partial charge is 0.335 e. The third-order valence-electron chi connectivity index (χ3n) is 7.41. The molecule has 0 amide bonds. The quantitative estimate of drug-likeness (QED) is 0.177. The number of ether oxygens (including phenoxy) is 5. The van der Waals surface area contributed by atoms with Crippen molar-refractivity contribution in [2.75, 3.05) is 21.3 Å². The lowest BCUT2D eigenvalue weighted by atomic mass is 9.66. The van der Waals surface area contributed by atoms with Crippen molar-refractivity contribution in [3.8, 4) is 11.5 Å². The van der Waals surface area contributed by atoms with E-state index in [2.05, 4.69) is 6.58 Å². The second-order valence-electron chi connectivity index (χ2n) is 9.46. The second-order valence-corrected chi connectivity index (χ2v) is 9.46. The van der Waals surface area contributed by atoms with Gasteiger partial charge in [-0.15, -0.1) is 0 Å². The van der Waals surface area contributed by atoms with Crippen LogP contribution in [0.1, 0.15) is 36.0 Å². The molecule has 7 nitrogen and oxygen atoms in total. The van der Waals surface area contributed by atoms with E-state index >= 15 is 0 Å². The van der Waals surface area contributed by atoms with Gasteiger partial charge in [-0.25, -0.2) is 9.59 Å². The Hall–Kier alpha value is -4.20. The Morgan fingerprint density at radius 2 is 1.38 bits per heavy atom. The predicted molar refractivity (Wildman–Crippen MR) is 152 cm³/mol. The second kappa shape index (κ2) is 12.8. The fourth-order valence-corrected chi connectivity index (χ4v) is 5.47. The van der Waals surface area contributed by atoms with E-state index in [0.29, 0.717) is 24.2 Å². The highest BCUT2D eigenvalue weighted by Gasteiger charge is 2.59. The van der Waals surface area contributed by atoms with Gasteiger partial charge in [-0.2, -0.15) is 0 Å². The maximum atomic E-state index is 13.4. The van der Waals surface area contributed by atoms with Gasteiger partial charge in [0.2, 0.25) is 0 Å². The Balaban J connectivity index is 1.70. The monoisotopic (exact) mass is 542 g/mol. The summed E-state index contributed by atoms with van der Waals surface area (Å²) >= 11 is 0. The highest BCUT2D eigenvalue weighted by molar-refractivity contribution is 5.88. The molecule has 40 heavy (non-hydrogen) atoms. The van der Waals surface area contributed by atoms with Gasteiger partial charge in [-0.05, 0) is 54.2 Å². The number of hydrogen-bond acceptors (Lipinski definition) is 7. The number of esters is 2. The number of hydrogen-bond donors (Lipinski definition) is 0. The summed E-state index contributed by atoms with van der Waals surface area (Å²) in [6.07, 6.45) is 5.35. The summed E-state index contributed by atoms with van der Waals surface area (Å²) in [5.74, 6) is -0.571. The predicted octanol–water partition coefficient (Wildman–Crippen LogP) is 5.98. The Labute approximate surface area is 235 Å². The van der Waals surface area contributed by atoms with Crippen LogP contribution in [0.4, 0.5) is 0 Å². The maximum absolute atomic E-state index is 13.4. The summed E-state index contributed by atoms with van der Waals surface area (Å²) in [7, 11) is 4.76. The van der Waals surface area contributed by atoms with Crippen molar-refractivity contribution in [1.29, 1.82) is 0 Å². The van der Waals surface area contributed by atoms with Gasteiger partial charge in [0, 0.05) is 26.4 Å². The molecule has 1 aliphatic carbocycles. The van der Waals surface area contributed by atoms with Crippen molar-refractivity contribution < 1.29 is 33.3 Å². The van der Waals surface area contributed by atoms with E-state index in [9.17, 15) is 9.59 Å². The molecule has 0 aliphatic heterocycles. The molecule has 1 saturated carbocycles. The molecule has 208 valence electrons. The van der Waals surface area contributed by atoms with Gasteiger partial charge < -0.3 is 23.7 Å². The van der Waals surface area contributed by atoms with Crippen molar-refractivity contribution in [1.82, 2.24) is 0 Å². The minimum atomic E-state index is -0.936. The number of carbonyl (C=O) groups excluding carboxylic acids is 2. The lowest BCUT2D eigenvalue weighted by Crippen LogP contribution is -2.59. The van der Waals surface area contributed by atoms with Crippen LogP contribution >= 0.6 is 0 Å². The molecule has 2 atom stereocenters. The molecule has 4 rings (SSSR count). The third kappa shape index (κ3) is 5.71. The summed E-state index contributed by atoms with van der Waals surface area (Å²) in [5.41, 5.74) is 0.596. The summed E-state index contributed by atoms with van der Waals surface area (Å²) in [6, 6.07) is 24.6. The van der Waals surface area contributed by atoms with Gasteiger partial charge >= 0.3 is 11.9 Å². The van der Waals surface area contributed by atoms with E-state index < -0.39 is 29.2 Å². The van der Waals surface area contributed by atoms with Gasteiger partial charge in [0.25, 0.3) is 0 Å². The van der Waals surface area contributed by atoms with E-state index in [4.69, 9.17) is 23.7 Å². The number of rotatable bonds is 10. The SMILES string of the molecule is C=CC(=O)Oc1ccc(/C=C/C(=O)OC2C(OC)(c3ccccc3)CCCC2(OC)c2ccccc2)cc1OC. The van der Waals surface area contributed by atoms with E-state index in [-0.39, 0.29) is 5.75 Å². The molecule has 0 spiro atoms. The van der Waals surface area contributed by atoms with Gasteiger partial charge in [-0.3, -0.25) is 0 Å².